The van der Waals surface area contributed by atoms with E-state index in [1.54, 1.807) is 0 Å². The second kappa shape index (κ2) is 9.06. The lowest BCUT2D eigenvalue weighted by Crippen LogP contribution is -2.36. The highest BCUT2D eigenvalue weighted by Crippen LogP contribution is 2.31. The van der Waals surface area contributed by atoms with Gasteiger partial charge in [-0.15, -0.1) is 0 Å². The molecular formula is C17H32O4. The zero-order valence-electron chi connectivity index (χ0n) is 14.6. The van der Waals surface area contributed by atoms with Crippen molar-refractivity contribution in [3.05, 3.63) is 0 Å². The minimum atomic E-state index is -0.547. The lowest BCUT2D eigenvalue weighted by atomic mass is 9.86. The van der Waals surface area contributed by atoms with Gasteiger partial charge in [0.1, 0.15) is 5.60 Å². The molecule has 0 aromatic rings. The number of esters is 2. The van der Waals surface area contributed by atoms with Gasteiger partial charge in [-0.25, -0.2) is 4.79 Å². The second-order valence-electron chi connectivity index (χ2n) is 6.30. The standard InChI is InChI=1S/C15H26O4.C2H6/c1-5-14(2,3)13(17)18-11-12(16)19-15(4)9-7-6-8-10-15;1-2/h5-11H2,1-4H3;1-2H3. The Morgan fingerprint density at radius 2 is 1.62 bits per heavy atom. The molecule has 0 saturated heterocycles. The molecule has 0 aromatic heterocycles. The van der Waals surface area contributed by atoms with Crippen molar-refractivity contribution in [2.24, 2.45) is 5.41 Å². The number of rotatable bonds is 5. The van der Waals surface area contributed by atoms with Crippen LogP contribution in [0.5, 0.6) is 0 Å². The zero-order chi connectivity index (χ0) is 16.5. The Morgan fingerprint density at radius 1 is 1.10 bits per heavy atom. The fourth-order valence-corrected chi connectivity index (χ4v) is 2.17. The fraction of sp³-hybridized carbons (Fsp3) is 0.882. The Kier molecular flexibility index (Phi) is 8.60. The van der Waals surface area contributed by atoms with E-state index < -0.39 is 11.4 Å². The lowest BCUT2D eigenvalue weighted by molar-refractivity contribution is -0.174. The molecule has 124 valence electrons. The maximum Gasteiger partial charge on any atom is 0.344 e. The average molecular weight is 300 g/mol. The van der Waals surface area contributed by atoms with Crippen molar-refractivity contribution in [2.45, 2.75) is 85.7 Å². The minimum Gasteiger partial charge on any atom is -0.457 e. The first-order valence-corrected chi connectivity index (χ1v) is 8.18. The molecule has 0 aromatic carbocycles. The Labute approximate surface area is 129 Å². The molecule has 1 saturated carbocycles. The zero-order valence-corrected chi connectivity index (χ0v) is 14.6. The first-order valence-electron chi connectivity index (χ1n) is 8.18. The van der Waals surface area contributed by atoms with E-state index in [2.05, 4.69) is 0 Å². The van der Waals surface area contributed by atoms with Crippen LogP contribution < -0.4 is 0 Å². The molecule has 1 aliphatic rings. The van der Waals surface area contributed by atoms with Crippen LogP contribution in [0.2, 0.25) is 0 Å². The fourth-order valence-electron chi connectivity index (χ4n) is 2.17. The molecule has 0 radical (unpaired) electrons. The van der Waals surface area contributed by atoms with E-state index in [4.69, 9.17) is 9.47 Å². The van der Waals surface area contributed by atoms with Gasteiger partial charge in [-0.3, -0.25) is 4.79 Å². The van der Waals surface area contributed by atoms with E-state index in [0.717, 1.165) is 25.7 Å². The van der Waals surface area contributed by atoms with Gasteiger partial charge in [0.05, 0.1) is 5.41 Å². The van der Waals surface area contributed by atoms with Gasteiger partial charge in [0, 0.05) is 0 Å². The number of hydrogen-bond acceptors (Lipinski definition) is 4. The maximum absolute atomic E-state index is 11.7. The number of ether oxygens (including phenoxy) is 2. The molecule has 0 N–H and O–H groups in total. The maximum atomic E-state index is 11.7. The first kappa shape index (κ1) is 19.9. The number of carbonyl (C=O) groups is 2. The Balaban J connectivity index is 0.00000191. The van der Waals surface area contributed by atoms with E-state index >= 15 is 0 Å². The van der Waals surface area contributed by atoms with Gasteiger partial charge in [-0.05, 0) is 52.9 Å². The third kappa shape index (κ3) is 6.96. The van der Waals surface area contributed by atoms with Gasteiger partial charge < -0.3 is 9.47 Å². The Bertz CT molecular complexity index is 328. The van der Waals surface area contributed by atoms with Crippen LogP contribution in [0.3, 0.4) is 0 Å². The van der Waals surface area contributed by atoms with E-state index in [0.29, 0.717) is 6.42 Å². The first-order chi connectivity index (χ1) is 9.79. The molecule has 21 heavy (non-hydrogen) atoms. The molecule has 1 rings (SSSR count). The van der Waals surface area contributed by atoms with E-state index in [1.165, 1.54) is 6.42 Å². The topological polar surface area (TPSA) is 52.6 Å². The molecule has 0 amide bonds. The molecule has 0 atom stereocenters. The molecule has 4 nitrogen and oxygen atoms in total. The third-order valence-corrected chi connectivity index (χ3v) is 4.03. The SMILES string of the molecule is CC.CCC(C)(C)C(=O)OCC(=O)OC1(C)CCCCC1. The van der Waals surface area contributed by atoms with E-state index in [1.807, 2.05) is 41.5 Å². The van der Waals surface area contributed by atoms with Crippen LogP contribution in [0.4, 0.5) is 0 Å². The molecule has 1 aliphatic carbocycles. The molecule has 0 spiro atoms. The van der Waals surface area contributed by atoms with E-state index in [-0.39, 0.29) is 18.2 Å². The smallest absolute Gasteiger partial charge is 0.344 e. The quantitative estimate of drug-likeness (QED) is 0.712. The van der Waals surface area contributed by atoms with Crippen LogP contribution in [0.1, 0.15) is 80.1 Å². The second-order valence-corrected chi connectivity index (χ2v) is 6.30. The van der Waals surface area contributed by atoms with Crippen molar-refractivity contribution >= 4 is 11.9 Å². The van der Waals surface area contributed by atoms with Crippen molar-refractivity contribution in [1.82, 2.24) is 0 Å². The van der Waals surface area contributed by atoms with Crippen LogP contribution in [0.25, 0.3) is 0 Å². The highest BCUT2D eigenvalue weighted by Gasteiger charge is 2.32. The molecular weight excluding hydrogens is 268 g/mol. The van der Waals surface area contributed by atoms with Crippen LogP contribution in [-0.4, -0.2) is 24.1 Å². The van der Waals surface area contributed by atoms with Crippen molar-refractivity contribution in [3.8, 4) is 0 Å². The summed E-state index contributed by atoms with van der Waals surface area (Å²) in [5.74, 6) is -0.787. The lowest BCUT2D eigenvalue weighted by Gasteiger charge is -2.33. The third-order valence-electron chi connectivity index (χ3n) is 4.03. The normalized spacial score (nSPS) is 17.2. The van der Waals surface area contributed by atoms with Crippen molar-refractivity contribution in [2.75, 3.05) is 6.61 Å². The van der Waals surface area contributed by atoms with Crippen LogP contribution in [-0.2, 0) is 19.1 Å². The highest BCUT2D eigenvalue weighted by atomic mass is 16.6. The monoisotopic (exact) mass is 300 g/mol. The van der Waals surface area contributed by atoms with Crippen LogP contribution in [0, 0.1) is 5.41 Å². The summed E-state index contributed by atoms with van der Waals surface area (Å²) in [5.41, 5.74) is -0.920. The number of hydrogen-bond donors (Lipinski definition) is 0. The van der Waals surface area contributed by atoms with Gasteiger partial charge in [0.15, 0.2) is 6.61 Å². The molecule has 0 aliphatic heterocycles. The number of carbonyl (C=O) groups excluding carboxylic acids is 2. The van der Waals surface area contributed by atoms with Gasteiger partial charge in [0.25, 0.3) is 0 Å². The summed E-state index contributed by atoms with van der Waals surface area (Å²) in [5, 5.41) is 0. The molecule has 0 heterocycles. The van der Waals surface area contributed by atoms with Crippen molar-refractivity contribution < 1.29 is 19.1 Å². The van der Waals surface area contributed by atoms with Crippen molar-refractivity contribution in [1.29, 1.82) is 0 Å². The minimum absolute atomic E-state index is 0.280. The predicted octanol–water partition coefficient (Wildman–Crippen LogP) is 4.26. The predicted molar refractivity (Wildman–Crippen MR) is 84.0 cm³/mol. The van der Waals surface area contributed by atoms with Gasteiger partial charge in [-0.2, -0.15) is 0 Å². The van der Waals surface area contributed by atoms with E-state index in [9.17, 15) is 9.59 Å². The van der Waals surface area contributed by atoms with Crippen LogP contribution >= 0.6 is 0 Å². The summed E-state index contributed by atoms with van der Waals surface area (Å²) in [4.78, 5) is 23.5. The largest absolute Gasteiger partial charge is 0.457 e. The molecule has 0 unspecified atom stereocenters. The Morgan fingerprint density at radius 3 is 2.10 bits per heavy atom. The average Bonchev–Trinajstić information content (AvgIpc) is 2.47. The summed E-state index contributed by atoms with van der Waals surface area (Å²) in [6, 6.07) is 0. The van der Waals surface area contributed by atoms with Crippen LogP contribution in [0.15, 0.2) is 0 Å². The molecule has 0 bridgehead atoms. The molecule has 4 heteroatoms. The highest BCUT2D eigenvalue weighted by molar-refractivity contribution is 5.79. The Hall–Kier alpha value is -1.06. The molecule has 1 fully saturated rings. The summed E-state index contributed by atoms with van der Waals surface area (Å²) in [7, 11) is 0. The van der Waals surface area contributed by atoms with Crippen molar-refractivity contribution in [3.63, 3.8) is 0 Å². The summed E-state index contributed by atoms with van der Waals surface area (Å²) >= 11 is 0. The summed E-state index contributed by atoms with van der Waals surface area (Å²) in [6.07, 6.45) is 5.85. The van der Waals surface area contributed by atoms with Gasteiger partial charge >= 0.3 is 11.9 Å². The summed E-state index contributed by atoms with van der Waals surface area (Å²) < 4.78 is 10.5. The summed E-state index contributed by atoms with van der Waals surface area (Å²) in [6.45, 7) is 11.2. The van der Waals surface area contributed by atoms with Gasteiger partial charge in [0.2, 0.25) is 0 Å². The van der Waals surface area contributed by atoms with Gasteiger partial charge in [-0.1, -0.05) is 27.2 Å².